The minimum atomic E-state index is -0.186. The van der Waals surface area contributed by atoms with E-state index in [9.17, 15) is 4.79 Å². The van der Waals surface area contributed by atoms with Crippen LogP contribution in [0, 0.1) is 0 Å². The number of carbonyl (C=O) groups is 1. The van der Waals surface area contributed by atoms with E-state index in [1.807, 2.05) is 34.0 Å². The topological polar surface area (TPSA) is 100 Å². The maximum atomic E-state index is 13.5. The summed E-state index contributed by atoms with van der Waals surface area (Å²) in [4.78, 5) is 19.5. The minimum absolute atomic E-state index is 0.135. The van der Waals surface area contributed by atoms with Crippen LogP contribution < -0.4 is 9.47 Å². The Labute approximate surface area is 214 Å². The van der Waals surface area contributed by atoms with E-state index in [1.165, 1.54) is 11.9 Å². The first-order valence-electron chi connectivity index (χ1n) is 12.7. The van der Waals surface area contributed by atoms with Crippen molar-refractivity contribution in [2.24, 2.45) is 0 Å². The fourth-order valence-corrected chi connectivity index (χ4v) is 5.07. The lowest BCUT2D eigenvalue weighted by atomic mass is 9.87. The highest BCUT2D eigenvalue weighted by molar-refractivity contribution is 5.78. The first-order valence-corrected chi connectivity index (χ1v) is 12.7. The van der Waals surface area contributed by atoms with E-state index in [4.69, 9.17) is 9.47 Å². The first kappa shape index (κ1) is 23.2. The second-order valence-electron chi connectivity index (χ2n) is 9.40. The van der Waals surface area contributed by atoms with E-state index in [2.05, 4.69) is 44.7 Å². The molecule has 4 aromatic rings. The Hall–Kier alpha value is -4.21. The van der Waals surface area contributed by atoms with E-state index in [0.717, 1.165) is 41.2 Å². The summed E-state index contributed by atoms with van der Waals surface area (Å²) in [6.45, 7) is 2.94. The largest absolute Gasteiger partial charge is 0.494 e. The Kier molecular flexibility index (Phi) is 6.53. The number of nitrogens with zero attached hydrogens (tertiary/aromatic N) is 7. The average Bonchev–Trinajstić information content (AvgIpc) is 3.61. The van der Waals surface area contributed by atoms with Gasteiger partial charge in [0.15, 0.2) is 0 Å². The number of benzene rings is 2. The highest BCUT2D eigenvalue weighted by Crippen LogP contribution is 2.38. The number of hydrogen-bond acceptors (Lipinski definition) is 7. The van der Waals surface area contributed by atoms with Crippen molar-refractivity contribution < 1.29 is 14.3 Å². The van der Waals surface area contributed by atoms with Crippen LogP contribution in [0.2, 0.25) is 0 Å². The highest BCUT2D eigenvalue weighted by Gasteiger charge is 2.32. The number of hydrogen-bond donors (Lipinski definition) is 0. The van der Waals surface area contributed by atoms with Crippen LogP contribution in [0.3, 0.4) is 0 Å². The maximum Gasteiger partial charge on any atom is 0.223 e. The lowest BCUT2D eigenvalue weighted by Gasteiger charge is -2.38. The number of rotatable bonds is 4. The van der Waals surface area contributed by atoms with Gasteiger partial charge in [0.05, 0.1) is 18.8 Å². The van der Waals surface area contributed by atoms with Crippen LogP contribution in [0.5, 0.6) is 11.5 Å². The highest BCUT2D eigenvalue weighted by atomic mass is 16.5. The number of aryl methyl sites for hydroxylation is 2. The molecule has 3 aliphatic rings. The lowest BCUT2D eigenvalue weighted by molar-refractivity contribution is -0.133. The van der Waals surface area contributed by atoms with Crippen LogP contribution in [0.1, 0.15) is 47.7 Å². The molecule has 2 aromatic heterocycles. The summed E-state index contributed by atoms with van der Waals surface area (Å²) in [5, 5.41) is 12.6. The minimum Gasteiger partial charge on any atom is -0.494 e. The van der Waals surface area contributed by atoms with Crippen LogP contribution >= 0.6 is 0 Å². The summed E-state index contributed by atoms with van der Waals surface area (Å²) >= 11 is 0. The van der Waals surface area contributed by atoms with Crippen molar-refractivity contribution in [1.82, 2.24) is 34.7 Å². The number of ether oxygens (including phenoxy) is 2. The van der Waals surface area contributed by atoms with Gasteiger partial charge in [-0.3, -0.25) is 14.2 Å². The van der Waals surface area contributed by atoms with Gasteiger partial charge in [-0.25, -0.2) is 4.98 Å². The first-order chi connectivity index (χ1) is 18.2. The number of fused-ring (bicyclic) bond motifs is 5. The van der Waals surface area contributed by atoms with Gasteiger partial charge in [0.2, 0.25) is 5.91 Å². The molecule has 190 valence electrons. The summed E-state index contributed by atoms with van der Waals surface area (Å²) in [6, 6.07) is 14.1. The normalized spacial score (nSPS) is 17.1. The Morgan fingerprint density at radius 2 is 2.03 bits per heavy atom. The fourth-order valence-electron chi connectivity index (χ4n) is 5.07. The molecule has 0 spiro atoms. The molecule has 0 saturated heterocycles. The number of amides is 1. The molecule has 3 aliphatic heterocycles. The van der Waals surface area contributed by atoms with Gasteiger partial charge in [0.1, 0.15) is 36.5 Å². The molecule has 0 aliphatic carbocycles. The van der Waals surface area contributed by atoms with Crippen molar-refractivity contribution in [3.05, 3.63) is 83.7 Å². The molecular weight excluding hydrogens is 470 g/mol. The molecule has 1 amide bonds. The van der Waals surface area contributed by atoms with Crippen molar-refractivity contribution in [2.75, 3.05) is 13.2 Å². The van der Waals surface area contributed by atoms with Crippen molar-refractivity contribution in [2.45, 2.75) is 51.4 Å². The quantitative estimate of drug-likeness (QED) is 0.425. The van der Waals surface area contributed by atoms with Crippen LogP contribution in [-0.2, 0) is 30.9 Å². The van der Waals surface area contributed by atoms with E-state index >= 15 is 0 Å². The SMILES string of the molecule is O=C(CCCn1cncn1)N1CCc2cc3ccc2[C@@H]1c1cccc(c1)OCCCn1cc(nn1)CO3. The second kappa shape index (κ2) is 10.4. The van der Waals surface area contributed by atoms with E-state index < -0.39 is 0 Å². The zero-order chi connectivity index (χ0) is 25.0. The molecule has 0 N–H and O–H groups in total. The average molecular weight is 500 g/mol. The Bertz CT molecular complexity index is 1370. The third kappa shape index (κ3) is 5.18. The van der Waals surface area contributed by atoms with Gasteiger partial charge >= 0.3 is 0 Å². The van der Waals surface area contributed by atoms with Crippen LogP contribution in [-0.4, -0.2) is 53.7 Å². The monoisotopic (exact) mass is 499 g/mol. The van der Waals surface area contributed by atoms with Crippen molar-refractivity contribution in [1.29, 1.82) is 0 Å². The third-order valence-corrected chi connectivity index (χ3v) is 6.85. The van der Waals surface area contributed by atoms with Crippen molar-refractivity contribution >= 4 is 5.91 Å². The van der Waals surface area contributed by atoms with Crippen LogP contribution in [0.25, 0.3) is 0 Å². The molecule has 37 heavy (non-hydrogen) atoms. The molecule has 0 radical (unpaired) electrons. The Morgan fingerprint density at radius 3 is 2.95 bits per heavy atom. The molecule has 8 bridgehead atoms. The predicted octanol–water partition coefficient (Wildman–Crippen LogP) is 3.19. The molecule has 0 fully saturated rings. The zero-order valence-electron chi connectivity index (χ0n) is 20.6. The summed E-state index contributed by atoms with van der Waals surface area (Å²) < 4.78 is 15.7. The van der Waals surface area contributed by atoms with E-state index in [-0.39, 0.29) is 11.9 Å². The number of carbonyl (C=O) groups excluding carboxylic acids is 1. The number of aromatic nitrogens is 6. The molecule has 0 unspecified atom stereocenters. The molecule has 0 saturated carbocycles. The molecule has 7 rings (SSSR count). The smallest absolute Gasteiger partial charge is 0.223 e. The Morgan fingerprint density at radius 1 is 1.08 bits per heavy atom. The molecule has 10 nitrogen and oxygen atoms in total. The fraction of sp³-hybridized carbons (Fsp3) is 0.370. The van der Waals surface area contributed by atoms with Crippen LogP contribution in [0.4, 0.5) is 0 Å². The van der Waals surface area contributed by atoms with Crippen LogP contribution in [0.15, 0.2) is 61.3 Å². The zero-order valence-corrected chi connectivity index (χ0v) is 20.6. The standard InChI is InChI=1S/C27H29N7O3/c35-26(6-2-10-33-19-28-18-29-33)34-12-9-20-14-24-7-8-25(20)27(34)21-4-1-5-23(15-21)36-13-3-11-32-16-22(17-37-24)30-31-32/h1,4-5,7-8,14-16,18-19,27H,2-3,6,9-13,17H2/t27-/m0/s1. The van der Waals surface area contributed by atoms with Crippen molar-refractivity contribution in [3.63, 3.8) is 0 Å². The Balaban J connectivity index is 1.30. The maximum absolute atomic E-state index is 13.5. The van der Waals surface area contributed by atoms with Gasteiger partial charge in [0.25, 0.3) is 0 Å². The van der Waals surface area contributed by atoms with Gasteiger partial charge in [-0.05, 0) is 53.8 Å². The molecular formula is C27H29N7O3. The summed E-state index contributed by atoms with van der Waals surface area (Å²) in [5.74, 6) is 1.73. The molecule has 1 atom stereocenters. The summed E-state index contributed by atoms with van der Waals surface area (Å²) in [5.41, 5.74) is 4.14. The molecule has 10 heteroatoms. The molecule has 5 heterocycles. The van der Waals surface area contributed by atoms with Gasteiger partial charge in [-0.1, -0.05) is 23.4 Å². The second-order valence-corrected chi connectivity index (χ2v) is 9.40. The lowest BCUT2D eigenvalue weighted by Crippen LogP contribution is -2.40. The third-order valence-electron chi connectivity index (χ3n) is 6.85. The van der Waals surface area contributed by atoms with Gasteiger partial charge in [-0.2, -0.15) is 5.10 Å². The molecule has 2 aromatic carbocycles. The van der Waals surface area contributed by atoms with Gasteiger partial charge in [-0.15, -0.1) is 5.10 Å². The van der Waals surface area contributed by atoms with E-state index in [1.54, 1.807) is 11.0 Å². The summed E-state index contributed by atoms with van der Waals surface area (Å²) in [6.07, 6.45) is 7.83. The van der Waals surface area contributed by atoms with Gasteiger partial charge < -0.3 is 14.4 Å². The van der Waals surface area contributed by atoms with Gasteiger partial charge in [0, 0.05) is 32.5 Å². The predicted molar refractivity (Wildman–Crippen MR) is 134 cm³/mol. The van der Waals surface area contributed by atoms with E-state index in [0.29, 0.717) is 45.7 Å². The van der Waals surface area contributed by atoms with Crippen molar-refractivity contribution in [3.8, 4) is 11.5 Å². The summed E-state index contributed by atoms with van der Waals surface area (Å²) in [7, 11) is 0.